The summed E-state index contributed by atoms with van der Waals surface area (Å²) in [7, 11) is 0. The molecule has 0 aliphatic heterocycles. The molecular formula is C12H16N4O. The lowest BCUT2D eigenvalue weighted by Gasteiger charge is -2.07. The van der Waals surface area contributed by atoms with Crippen LogP contribution in [0.25, 0.3) is 10.4 Å². The average Bonchev–Trinajstić information content (AvgIpc) is 2.34. The SMILES string of the molecule is CC(C)c1ccc(CNC(=O)CN=[N+]=[N-])cc1. The second-order valence-electron chi connectivity index (χ2n) is 4.06. The number of amides is 1. The molecule has 0 saturated carbocycles. The number of carbonyl (C=O) groups is 1. The van der Waals surface area contributed by atoms with Crippen molar-refractivity contribution in [2.45, 2.75) is 26.3 Å². The van der Waals surface area contributed by atoms with E-state index in [9.17, 15) is 4.79 Å². The van der Waals surface area contributed by atoms with E-state index in [1.807, 2.05) is 12.1 Å². The van der Waals surface area contributed by atoms with E-state index in [1.165, 1.54) is 5.56 Å². The number of rotatable bonds is 5. The van der Waals surface area contributed by atoms with Gasteiger partial charge in [0.1, 0.15) is 6.54 Å². The third-order valence-electron chi connectivity index (χ3n) is 2.41. The quantitative estimate of drug-likeness (QED) is 0.473. The molecule has 0 bridgehead atoms. The molecule has 0 aliphatic rings. The number of carbonyl (C=O) groups excluding carboxylic acids is 1. The molecule has 0 aliphatic carbocycles. The molecule has 0 radical (unpaired) electrons. The van der Waals surface area contributed by atoms with E-state index >= 15 is 0 Å². The zero-order chi connectivity index (χ0) is 12.7. The third kappa shape index (κ3) is 4.57. The molecule has 0 spiro atoms. The summed E-state index contributed by atoms with van der Waals surface area (Å²) in [4.78, 5) is 13.7. The lowest BCUT2D eigenvalue weighted by Crippen LogP contribution is -2.24. The second kappa shape index (κ2) is 6.55. The molecule has 1 N–H and O–H groups in total. The number of hydrogen-bond acceptors (Lipinski definition) is 2. The third-order valence-corrected chi connectivity index (χ3v) is 2.41. The maximum Gasteiger partial charge on any atom is 0.226 e. The van der Waals surface area contributed by atoms with Crippen LogP contribution in [0.2, 0.25) is 0 Å². The van der Waals surface area contributed by atoms with E-state index in [-0.39, 0.29) is 12.5 Å². The zero-order valence-corrected chi connectivity index (χ0v) is 10.1. The molecule has 0 unspecified atom stereocenters. The molecule has 0 saturated heterocycles. The first-order valence-corrected chi connectivity index (χ1v) is 5.50. The van der Waals surface area contributed by atoms with Crippen LogP contribution in [0, 0.1) is 0 Å². The van der Waals surface area contributed by atoms with Gasteiger partial charge in [-0.1, -0.05) is 43.2 Å². The topological polar surface area (TPSA) is 77.9 Å². The molecule has 1 amide bonds. The fraction of sp³-hybridized carbons (Fsp3) is 0.417. The van der Waals surface area contributed by atoms with Crippen molar-refractivity contribution in [3.8, 4) is 0 Å². The molecule has 17 heavy (non-hydrogen) atoms. The van der Waals surface area contributed by atoms with E-state index in [1.54, 1.807) is 0 Å². The normalized spacial score (nSPS) is 9.82. The average molecular weight is 232 g/mol. The van der Waals surface area contributed by atoms with Gasteiger partial charge in [0.05, 0.1) is 0 Å². The van der Waals surface area contributed by atoms with Crippen molar-refractivity contribution in [3.63, 3.8) is 0 Å². The van der Waals surface area contributed by atoms with Gasteiger partial charge in [0.15, 0.2) is 0 Å². The Kier molecular flexibility index (Phi) is 5.04. The zero-order valence-electron chi connectivity index (χ0n) is 10.1. The molecule has 90 valence electrons. The molecule has 1 aromatic carbocycles. The molecule has 0 atom stereocenters. The van der Waals surface area contributed by atoms with Gasteiger partial charge in [-0.15, -0.1) is 0 Å². The molecular weight excluding hydrogens is 216 g/mol. The smallest absolute Gasteiger partial charge is 0.226 e. The first-order chi connectivity index (χ1) is 8.13. The Morgan fingerprint density at radius 3 is 2.59 bits per heavy atom. The standard InChI is InChI=1S/C12H16N4O/c1-9(2)11-5-3-10(4-6-11)7-14-12(17)8-15-16-13/h3-6,9H,7-8H2,1-2H3,(H,14,17). The Hall–Kier alpha value is -2.00. The summed E-state index contributed by atoms with van der Waals surface area (Å²) in [5.74, 6) is 0.236. The Bertz CT molecular complexity index is 419. The molecule has 0 fully saturated rings. The van der Waals surface area contributed by atoms with Crippen molar-refractivity contribution in [1.82, 2.24) is 5.32 Å². The van der Waals surface area contributed by atoms with Crippen LogP contribution in [0.3, 0.4) is 0 Å². The van der Waals surface area contributed by atoms with Crippen molar-refractivity contribution >= 4 is 5.91 Å². The Labute approximate surface area is 100 Å². The van der Waals surface area contributed by atoms with Crippen molar-refractivity contribution in [2.24, 2.45) is 5.11 Å². The number of azide groups is 1. The Balaban J connectivity index is 2.47. The van der Waals surface area contributed by atoms with Gasteiger partial charge in [-0.25, -0.2) is 0 Å². The highest BCUT2D eigenvalue weighted by molar-refractivity contribution is 5.78. The minimum Gasteiger partial charge on any atom is -0.352 e. The predicted molar refractivity (Wildman–Crippen MR) is 66.4 cm³/mol. The second-order valence-corrected chi connectivity index (χ2v) is 4.06. The summed E-state index contributed by atoms with van der Waals surface area (Å²) in [5.41, 5.74) is 10.4. The van der Waals surface area contributed by atoms with E-state index < -0.39 is 0 Å². The number of nitrogens with zero attached hydrogens (tertiary/aromatic N) is 3. The highest BCUT2D eigenvalue weighted by atomic mass is 16.1. The van der Waals surface area contributed by atoms with Crippen LogP contribution >= 0.6 is 0 Å². The van der Waals surface area contributed by atoms with Crippen molar-refractivity contribution in [3.05, 3.63) is 45.8 Å². The summed E-state index contributed by atoms with van der Waals surface area (Å²) in [6, 6.07) is 8.09. The maximum absolute atomic E-state index is 11.2. The molecule has 1 aromatic rings. The van der Waals surface area contributed by atoms with Crippen molar-refractivity contribution in [2.75, 3.05) is 6.54 Å². The number of nitrogens with one attached hydrogen (secondary N) is 1. The fourth-order valence-electron chi connectivity index (χ4n) is 1.37. The van der Waals surface area contributed by atoms with Gasteiger partial charge in [-0.2, -0.15) is 0 Å². The van der Waals surface area contributed by atoms with Gasteiger partial charge in [-0.05, 0) is 22.6 Å². The van der Waals surface area contributed by atoms with E-state index in [2.05, 4.69) is 41.3 Å². The largest absolute Gasteiger partial charge is 0.352 e. The summed E-state index contributed by atoms with van der Waals surface area (Å²) >= 11 is 0. The van der Waals surface area contributed by atoms with Crippen LogP contribution in [0.5, 0.6) is 0 Å². The summed E-state index contributed by atoms with van der Waals surface area (Å²) in [6.45, 7) is 4.58. The van der Waals surface area contributed by atoms with E-state index in [4.69, 9.17) is 5.53 Å². The predicted octanol–water partition coefficient (Wildman–Crippen LogP) is 2.74. The molecule has 0 heterocycles. The van der Waals surface area contributed by atoms with Crippen LogP contribution in [0.1, 0.15) is 30.9 Å². The first kappa shape index (κ1) is 13.1. The fourth-order valence-corrected chi connectivity index (χ4v) is 1.37. The van der Waals surface area contributed by atoms with Gasteiger partial charge < -0.3 is 5.32 Å². The number of hydrogen-bond donors (Lipinski definition) is 1. The Morgan fingerprint density at radius 1 is 1.41 bits per heavy atom. The summed E-state index contributed by atoms with van der Waals surface area (Å²) < 4.78 is 0. The lowest BCUT2D eigenvalue weighted by molar-refractivity contribution is -0.119. The monoisotopic (exact) mass is 232 g/mol. The molecule has 1 rings (SSSR count). The van der Waals surface area contributed by atoms with Crippen LogP contribution in [-0.4, -0.2) is 12.5 Å². The summed E-state index contributed by atoms with van der Waals surface area (Å²) in [6.07, 6.45) is 0. The van der Waals surface area contributed by atoms with Crippen LogP contribution in [-0.2, 0) is 11.3 Å². The van der Waals surface area contributed by atoms with E-state index in [0.717, 1.165) is 5.56 Å². The lowest BCUT2D eigenvalue weighted by atomic mass is 10.0. The van der Waals surface area contributed by atoms with Gasteiger partial charge in [-0.3, -0.25) is 4.79 Å². The Morgan fingerprint density at radius 2 is 2.06 bits per heavy atom. The maximum atomic E-state index is 11.2. The van der Waals surface area contributed by atoms with Gasteiger partial charge in [0, 0.05) is 11.5 Å². The van der Waals surface area contributed by atoms with Gasteiger partial charge >= 0.3 is 0 Å². The van der Waals surface area contributed by atoms with Crippen LogP contribution in [0.4, 0.5) is 0 Å². The molecule has 5 heteroatoms. The first-order valence-electron chi connectivity index (χ1n) is 5.50. The van der Waals surface area contributed by atoms with Crippen molar-refractivity contribution in [1.29, 1.82) is 0 Å². The summed E-state index contributed by atoms with van der Waals surface area (Å²) in [5, 5.41) is 5.87. The van der Waals surface area contributed by atoms with Crippen LogP contribution in [0.15, 0.2) is 29.4 Å². The van der Waals surface area contributed by atoms with Crippen LogP contribution < -0.4 is 5.32 Å². The minimum absolute atomic E-state index is 0.152. The molecule has 0 aromatic heterocycles. The van der Waals surface area contributed by atoms with Gasteiger partial charge in [0.2, 0.25) is 5.91 Å². The molecule has 5 nitrogen and oxygen atoms in total. The highest BCUT2D eigenvalue weighted by Crippen LogP contribution is 2.14. The van der Waals surface area contributed by atoms with Crippen molar-refractivity contribution < 1.29 is 4.79 Å². The highest BCUT2D eigenvalue weighted by Gasteiger charge is 2.01. The minimum atomic E-state index is -0.268. The number of benzene rings is 1. The van der Waals surface area contributed by atoms with E-state index in [0.29, 0.717) is 12.5 Å². The van der Waals surface area contributed by atoms with Gasteiger partial charge in [0.25, 0.3) is 0 Å².